The van der Waals surface area contributed by atoms with Gasteiger partial charge in [0.15, 0.2) is 5.69 Å². The molecule has 3 heterocycles. The average molecular weight is 521 g/mol. The van der Waals surface area contributed by atoms with Gasteiger partial charge < -0.3 is 29.8 Å². The molecule has 0 atom stereocenters. The summed E-state index contributed by atoms with van der Waals surface area (Å²) in [5, 5.41) is 2.81. The van der Waals surface area contributed by atoms with Crippen LogP contribution in [0.15, 0.2) is 52.3 Å². The van der Waals surface area contributed by atoms with Gasteiger partial charge in [0.25, 0.3) is 5.91 Å². The molecule has 1 aromatic carbocycles. The maximum Gasteiger partial charge on any atom is 0.410 e. The fourth-order valence-electron chi connectivity index (χ4n) is 3.89. The van der Waals surface area contributed by atoms with Gasteiger partial charge in [0, 0.05) is 54.6 Å². The first-order valence-corrected chi connectivity index (χ1v) is 12.3. The zero-order valence-electron chi connectivity index (χ0n) is 21.9. The van der Waals surface area contributed by atoms with Crippen LogP contribution in [0.2, 0.25) is 0 Å². The number of nitrogens with zero attached hydrogens (tertiary/aromatic N) is 4. The Balaban J connectivity index is 1.42. The van der Waals surface area contributed by atoms with Gasteiger partial charge in [0.1, 0.15) is 17.6 Å². The Morgan fingerprint density at radius 3 is 2.58 bits per heavy atom. The second-order valence-electron chi connectivity index (χ2n) is 9.89. The minimum Gasteiger partial charge on any atom is -0.494 e. The van der Waals surface area contributed by atoms with Crippen molar-refractivity contribution in [1.82, 2.24) is 14.9 Å². The van der Waals surface area contributed by atoms with Crippen molar-refractivity contribution in [3.63, 3.8) is 0 Å². The molecule has 1 fully saturated rings. The van der Waals surface area contributed by atoms with Gasteiger partial charge >= 0.3 is 6.09 Å². The number of benzene rings is 1. The van der Waals surface area contributed by atoms with Gasteiger partial charge in [0.05, 0.1) is 18.8 Å². The van der Waals surface area contributed by atoms with Crippen molar-refractivity contribution in [2.24, 2.45) is 4.99 Å². The van der Waals surface area contributed by atoms with Crippen LogP contribution in [0.1, 0.15) is 49.7 Å². The molecule has 1 aliphatic rings. The molecular weight excluding hydrogens is 488 g/mol. The Kier molecular flexibility index (Phi) is 7.94. The summed E-state index contributed by atoms with van der Waals surface area (Å²) in [5.74, 6) is 0.249. The Labute approximate surface area is 221 Å². The third-order valence-electron chi connectivity index (χ3n) is 5.86. The molecule has 1 aliphatic heterocycles. The number of methoxy groups -OCH3 is 1. The van der Waals surface area contributed by atoms with Crippen LogP contribution in [0.5, 0.6) is 5.75 Å². The molecule has 3 N–H and O–H groups in total. The summed E-state index contributed by atoms with van der Waals surface area (Å²) in [6.45, 7) is 6.68. The summed E-state index contributed by atoms with van der Waals surface area (Å²) >= 11 is 0. The van der Waals surface area contributed by atoms with Gasteiger partial charge in [-0.1, -0.05) is 0 Å². The number of hydrogen-bond donors (Lipinski definition) is 2. The number of aromatic nitrogens is 2. The van der Waals surface area contributed by atoms with Gasteiger partial charge in [-0.15, -0.1) is 0 Å². The SMILES string of the molecule is COc1cc(N)c(C=NC2CCN(C(=O)OC(C)(C)C)CC2)cc1NC(=O)c1coc(-c2ccncc2)n1. The van der Waals surface area contributed by atoms with Crippen LogP contribution in [0.25, 0.3) is 11.5 Å². The van der Waals surface area contributed by atoms with Crippen LogP contribution in [0, 0.1) is 0 Å². The Bertz CT molecular complexity index is 1310. The van der Waals surface area contributed by atoms with E-state index in [4.69, 9.17) is 19.6 Å². The number of amides is 2. The highest BCUT2D eigenvalue weighted by Gasteiger charge is 2.26. The van der Waals surface area contributed by atoms with Crippen LogP contribution in [-0.2, 0) is 4.74 Å². The van der Waals surface area contributed by atoms with Crippen molar-refractivity contribution in [2.75, 3.05) is 31.2 Å². The normalized spacial score (nSPS) is 14.5. The highest BCUT2D eigenvalue weighted by molar-refractivity contribution is 6.04. The summed E-state index contributed by atoms with van der Waals surface area (Å²) in [5.41, 5.74) is 8.03. The minimum atomic E-state index is -0.527. The van der Waals surface area contributed by atoms with Crippen molar-refractivity contribution in [3.8, 4) is 17.2 Å². The van der Waals surface area contributed by atoms with E-state index < -0.39 is 11.5 Å². The van der Waals surface area contributed by atoms with Crippen LogP contribution >= 0.6 is 0 Å². The Morgan fingerprint density at radius 1 is 1.21 bits per heavy atom. The number of ether oxygens (including phenoxy) is 2. The van der Waals surface area contributed by atoms with Crippen molar-refractivity contribution < 1.29 is 23.5 Å². The van der Waals surface area contributed by atoms with Gasteiger partial charge in [0.2, 0.25) is 5.89 Å². The lowest BCUT2D eigenvalue weighted by atomic mass is 10.1. The molecule has 11 nitrogen and oxygen atoms in total. The third kappa shape index (κ3) is 6.67. The lowest BCUT2D eigenvalue weighted by Crippen LogP contribution is -2.42. The van der Waals surface area contributed by atoms with Crippen LogP contribution in [0.3, 0.4) is 0 Å². The summed E-state index contributed by atoms with van der Waals surface area (Å²) in [7, 11) is 1.49. The number of likely N-dealkylation sites (tertiary alicyclic amines) is 1. The highest BCUT2D eigenvalue weighted by atomic mass is 16.6. The number of hydrogen-bond acceptors (Lipinski definition) is 9. The van der Waals surface area contributed by atoms with E-state index in [-0.39, 0.29) is 17.8 Å². The molecule has 0 unspecified atom stereocenters. The molecule has 0 radical (unpaired) electrons. The first kappa shape index (κ1) is 26.6. The van der Waals surface area contributed by atoms with E-state index in [0.29, 0.717) is 60.1 Å². The topological polar surface area (TPSA) is 145 Å². The number of carbonyl (C=O) groups excluding carboxylic acids is 2. The van der Waals surface area contributed by atoms with Crippen molar-refractivity contribution >= 4 is 29.6 Å². The maximum atomic E-state index is 12.9. The third-order valence-corrected chi connectivity index (χ3v) is 5.86. The van der Waals surface area contributed by atoms with Crippen LogP contribution < -0.4 is 15.8 Å². The summed E-state index contributed by atoms with van der Waals surface area (Å²) in [6.07, 6.45) is 7.33. The summed E-state index contributed by atoms with van der Waals surface area (Å²) < 4.78 is 16.3. The second kappa shape index (κ2) is 11.3. The number of nitrogens with two attached hydrogens (primary N) is 1. The monoisotopic (exact) mass is 520 g/mol. The number of nitrogens with one attached hydrogen (secondary N) is 1. The van der Waals surface area contributed by atoms with E-state index in [1.54, 1.807) is 47.8 Å². The van der Waals surface area contributed by atoms with E-state index in [1.165, 1.54) is 13.4 Å². The number of aliphatic imine (C=N–C) groups is 1. The van der Waals surface area contributed by atoms with Gasteiger partial charge in [-0.05, 0) is 51.8 Å². The van der Waals surface area contributed by atoms with Gasteiger partial charge in [-0.25, -0.2) is 9.78 Å². The fourth-order valence-corrected chi connectivity index (χ4v) is 3.89. The number of nitrogen functional groups attached to an aromatic ring is 1. The Morgan fingerprint density at radius 2 is 1.92 bits per heavy atom. The number of anilines is 2. The zero-order chi connectivity index (χ0) is 27.3. The first-order chi connectivity index (χ1) is 18.1. The summed E-state index contributed by atoms with van der Waals surface area (Å²) in [4.78, 5) is 39.8. The largest absolute Gasteiger partial charge is 0.494 e. The standard InChI is InChI=1S/C27H32N6O5/c1-27(2,3)38-26(35)33-11-7-19(8-12-33)30-15-18-13-21(23(36-4)14-20(18)28)31-24(34)22-16-37-25(32-22)17-5-9-29-10-6-17/h5-6,9-10,13-16,19H,7-8,11-12,28H2,1-4H3,(H,31,34). The molecule has 38 heavy (non-hydrogen) atoms. The first-order valence-electron chi connectivity index (χ1n) is 12.3. The molecular formula is C27H32N6O5. The minimum absolute atomic E-state index is 0.0370. The maximum absolute atomic E-state index is 12.9. The van der Waals surface area contributed by atoms with E-state index in [2.05, 4.69) is 20.3 Å². The lowest BCUT2D eigenvalue weighted by Gasteiger charge is -2.32. The number of rotatable bonds is 6. The molecule has 2 aromatic heterocycles. The number of pyridine rings is 1. The van der Waals surface area contributed by atoms with E-state index in [9.17, 15) is 9.59 Å². The highest BCUT2D eigenvalue weighted by Crippen LogP contribution is 2.30. The van der Waals surface area contributed by atoms with E-state index >= 15 is 0 Å². The number of piperidine rings is 1. The molecule has 3 aromatic rings. The van der Waals surface area contributed by atoms with Crippen molar-refractivity contribution in [1.29, 1.82) is 0 Å². The van der Waals surface area contributed by atoms with Gasteiger partial charge in [-0.2, -0.15) is 0 Å². The predicted molar refractivity (Wildman–Crippen MR) is 144 cm³/mol. The molecule has 4 rings (SSSR count). The molecule has 0 aliphatic carbocycles. The molecule has 2 amide bonds. The second-order valence-corrected chi connectivity index (χ2v) is 9.89. The van der Waals surface area contributed by atoms with Crippen LogP contribution in [0.4, 0.5) is 16.2 Å². The van der Waals surface area contributed by atoms with Crippen LogP contribution in [-0.4, -0.2) is 64.9 Å². The molecule has 0 saturated carbocycles. The van der Waals surface area contributed by atoms with Crippen molar-refractivity contribution in [2.45, 2.75) is 45.3 Å². The lowest BCUT2D eigenvalue weighted by molar-refractivity contribution is 0.0207. The van der Waals surface area contributed by atoms with Crippen molar-refractivity contribution in [3.05, 3.63) is 54.2 Å². The smallest absolute Gasteiger partial charge is 0.410 e. The molecule has 200 valence electrons. The fraction of sp³-hybridized carbons (Fsp3) is 0.370. The zero-order valence-corrected chi connectivity index (χ0v) is 21.9. The van der Waals surface area contributed by atoms with E-state index in [0.717, 1.165) is 0 Å². The quantitative estimate of drug-likeness (QED) is 0.359. The average Bonchev–Trinajstić information content (AvgIpc) is 3.39. The molecule has 0 bridgehead atoms. The Hall–Kier alpha value is -4.41. The summed E-state index contributed by atoms with van der Waals surface area (Å²) in [6, 6.07) is 6.85. The molecule has 11 heteroatoms. The number of carbonyl (C=O) groups is 2. The van der Waals surface area contributed by atoms with Gasteiger partial charge in [-0.3, -0.25) is 14.8 Å². The molecule has 1 saturated heterocycles. The number of oxazole rings is 1. The predicted octanol–water partition coefficient (Wildman–Crippen LogP) is 4.40. The van der Waals surface area contributed by atoms with E-state index in [1.807, 2.05) is 20.8 Å². The molecule has 0 spiro atoms.